The van der Waals surface area contributed by atoms with Crippen LogP contribution in [0, 0.1) is 23.7 Å². The van der Waals surface area contributed by atoms with Crippen LogP contribution in [0.4, 0.5) is 0 Å². The van der Waals surface area contributed by atoms with Crippen molar-refractivity contribution in [3.63, 3.8) is 0 Å². The summed E-state index contributed by atoms with van der Waals surface area (Å²) in [6.45, 7) is 14.8. The zero-order chi connectivity index (χ0) is 46.0. The quantitative estimate of drug-likeness (QED) is 0.120. The van der Waals surface area contributed by atoms with Gasteiger partial charge in [0.15, 0.2) is 0 Å². The van der Waals surface area contributed by atoms with Gasteiger partial charge in [0.05, 0.1) is 37.3 Å². The van der Waals surface area contributed by atoms with Crippen LogP contribution in [0.5, 0.6) is 11.5 Å². The number of piperidine rings is 2. The number of benzene rings is 4. The molecule has 0 unspecified atom stereocenters. The van der Waals surface area contributed by atoms with Crippen LogP contribution in [-0.2, 0) is 32.2 Å². The number of aliphatic hydroxyl groups excluding tert-OH is 1. The maximum Gasteiger partial charge on any atom is 0.309 e. The third-order valence-electron chi connectivity index (χ3n) is 14.3. The molecule has 0 aromatic heterocycles. The lowest BCUT2D eigenvalue weighted by Crippen LogP contribution is -2.36. The normalized spacial score (nSPS) is 22.3. The van der Waals surface area contributed by atoms with E-state index in [1.54, 1.807) is 12.1 Å². The van der Waals surface area contributed by atoms with E-state index < -0.39 is 0 Å². The summed E-state index contributed by atoms with van der Waals surface area (Å²) in [5.41, 5.74) is 2.59. The van der Waals surface area contributed by atoms with E-state index in [1.807, 2.05) is 19.9 Å². The van der Waals surface area contributed by atoms with Crippen molar-refractivity contribution in [2.24, 2.45) is 23.7 Å². The molecule has 0 amide bonds. The summed E-state index contributed by atoms with van der Waals surface area (Å²) >= 11 is 0. The number of aromatic hydroxyl groups is 1. The second-order valence-corrected chi connectivity index (χ2v) is 19.3. The third kappa shape index (κ3) is 16.0. The van der Waals surface area contributed by atoms with Crippen LogP contribution >= 0.6 is 0 Å². The van der Waals surface area contributed by atoms with Gasteiger partial charge in [-0.05, 0) is 198 Å². The van der Waals surface area contributed by atoms with Gasteiger partial charge in [-0.25, -0.2) is 0 Å². The first-order valence-corrected chi connectivity index (χ1v) is 25.5. The van der Waals surface area contributed by atoms with E-state index in [0.29, 0.717) is 25.1 Å². The molecule has 8 rings (SSSR count). The first-order valence-electron chi connectivity index (χ1n) is 25.5. The van der Waals surface area contributed by atoms with Crippen molar-refractivity contribution in [2.45, 2.75) is 156 Å². The molecule has 356 valence electrons. The number of aliphatic hydroxyl groups is 1. The predicted molar refractivity (Wildman–Crippen MR) is 263 cm³/mol. The Labute approximate surface area is 390 Å². The van der Waals surface area contributed by atoms with Crippen molar-refractivity contribution < 1.29 is 34.0 Å². The second-order valence-electron chi connectivity index (χ2n) is 19.3. The highest BCUT2D eigenvalue weighted by Crippen LogP contribution is 2.32. The number of ether oxygens (including phenoxy) is 3. The zero-order valence-electron chi connectivity index (χ0n) is 40.2. The van der Waals surface area contributed by atoms with Gasteiger partial charge in [0.1, 0.15) is 11.5 Å². The lowest BCUT2D eigenvalue weighted by molar-refractivity contribution is -0.150. The maximum absolute atomic E-state index is 12.0. The first kappa shape index (κ1) is 50.2. The van der Waals surface area contributed by atoms with Crippen LogP contribution in [-0.4, -0.2) is 83.6 Å². The number of esters is 2. The number of phenolic OH excluding ortho intramolecular Hbond substituents is 1. The average Bonchev–Trinajstić information content (AvgIpc) is 3.32. The molecule has 2 aliphatic carbocycles. The van der Waals surface area contributed by atoms with Gasteiger partial charge in [-0.3, -0.25) is 19.4 Å². The molecular formula is C56H80N2O7. The Kier molecular flexibility index (Phi) is 20.3. The minimum Gasteiger partial charge on any atom is -0.508 e. The minimum atomic E-state index is -0.0438. The summed E-state index contributed by atoms with van der Waals surface area (Å²) in [5, 5.41) is 23.4. The monoisotopic (exact) mass is 893 g/mol. The molecule has 4 fully saturated rings. The van der Waals surface area contributed by atoms with E-state index in [2.05, 4.69) is 78.2 Å². The van der Waals surface area contributed by atoms with Gasteiger partial charge in [0, 0.05) is 13.1 Å². The molecular weight excluding hydrogens is 813 g/mol. The van der Waals surface area contributed by atoms with Crippen molar-refractivity contribution in [2.75, 3.05) is 39.4 Å². The molecule has 9 nitrogen and oxygen atoms in total. The van der Waals surface area contributed by atoms with E-state index in [9.17, 15) is 19.8 Å². The Morgan fingerprint density at radius 2 is 0.969 bits per heavy atom. The molecule has 4 aromatic carbocycles. The van der Waals surface area contributed by atoms with Gasteiger partial charge >= 0.3 is 11.9 Å². The standard InChI is InChI=1S/C28H39NO3.C19H23NO3.C9H18O/c1-3-5-21-7-11-26(12-8-21)32-27-13-10-24-18-22(6-9-25(24)19-27)20-29-16-14-23(15-17-29)28(30)31-4-2;1-2-23-19(22)15-7-9-20(10-8-15)13-14-3-4-17-12-18(21)6-5-16(17)11-14;1-2-3-8-4-6-9(10)7-5-8/h6,9-10,13,18-19,21,23,26H,3-5,7-8,11-12,14-17,20H2,1-2H3;3-6,11-12,15,21H,2,7-10,13H2,1H3;8-10H,2-7H2,1H3. The lowest BCUT2D eigenvalue weighted by Gasteiger charge is -2.30. The van der Waals surface area contributed by atoms with Gasteiger partial charge in [0.2, 0.25) is 0 Å². The summed E-state index contributed by atoms with van der Waals surface area (Å²) in [5.74, 6) is 3.20. The summed E-state index contributed by atoms with van der Waals surface area (Å²) in [6.07, 6.45) is 18.9. The molecule has 0 bridgehead atoms. The van der Waals surface area contributed by atoms with Gasteiger partial charge < -0.3 is 24.4 Å². The second kappa shape index (κ2) is 26.2. The number of fused-ring (bicyclic) bond motifs is 2. The summed E-state index contributed by atoms with van der Waals surface area (Å²) in [6, 6.07) is 25.1. The Balaban J connectivity index is 0.000000184. The van der Waals surface area contributed by atoms with Crippen molar-refractivity contribution in [1.82, 2.24) is 9.80 Å². The van der Waals surface area contributed by atoms with E-state index in [0.717, 1.165) is 106 Å². The van der Waals surface area contributed by atoms with Gasteiger partial charge in [0.25, 0.3) is 0 Å². The summed E-state index contributed by atoms with van der Waals surface area (Å²) in [7, 11) is 0. The number of likely N-dealkylation sites (tertiary alicyclic amines) is 2. The molecule has 9 heteroatoms. The number of hydrogen-bond acceptors (Lipinski definition) is 9. The number of rotatable bonds is 14. The maximum atomic E-state index is 12.0. The van der Waals surface area contributed by atoms with Gasteiger partial charge in [-0.2, -0.15) is 0 Å². The molecule has 0 spiro atoms. The Morgan fingerprint density at radius 1 is 0.538 bits per heavy atom. The van der Waals surface area contributed by atoms with Crippen LogP contribution in [0.1, 0.15) is 142 Å². The fraction of sp³-hybridized carbons (Fsp3) is 0.607. The van der Waals surface area contributed by atoms with Crippen molar-refractivity contribution in [1.29, 1.82) is 0 Å². The van der Waals surface area contributed by atoms with Crippen LogP contribution in [0.25, 0.3) is 21.5 Å². The van der Waals surface area contributed by atoms with Crippen LogP contribution < -0.4 is 4.74 Å². The average molecular weight is 893 g/mol. The fourth-order valence-electron chi connectivity index (χ4n) is 10.5. The van der Waals surface area contributed by atoms with Crippen LogP contribution in [0.3, 0.4) is 0 Å². The number of phenols is 1. The molecule has 0 radical (unpaired) electrons. The van der Waals surface area contributed by atoms with Gasteiger partial charge in [-0.15, -0.1) is 0 Å². The van der Waals surface area contributed by atoms with Crippen LogP contribution in [0.2, 0.25) is 0 Å². The van der Waals surface area contributed by atoms with E-state index in [1.165, 1.54) is 86.1 Å². The SMILES string of the molecule is CCCC1CCC(O)CC1.CCCC1CCC(Oc2ccc3cc(CN4CCC(C(=O)OCC)CC4)ccc3c2)CC1.CCOC(=O)C1CCN(Cc2ccc3cc(O)ccc3c2)CC1. The summed E-state index contributed by atoms with van der Waals surface area (Å²) < 4.78 is 16.6. The smallest absolute Gasteiger partial charge is 0.309 e. The number of hydrogen-bond donors (Lipinski definition) is 2. The van der Waals surface area contributed by atoms with Crippen molar-refractivity contribution in [3.8, 4) is 11.5 Å². The lowest BCUT2D eigenvalue weighted by atomic mass is 9.85. The fourth-order valence-corrected chi connectivity index (χ4v) is 10.5. The Morgan fingerprint density at radius 3 is 1.45 bits per heavy atom. The molecule has 2 heterocycles. The molecule has 2 N–H and O–H groups in total. The Bertz CT molecular complexity index is 2040. The minimum absolute atomic E-state index is 0.0214. The molecule has 2 saturated heterocycles. The molecule has 4 aromatic rings. The highest BCUT2D eigenvalue weighted by molar-refractivity contribution is 5.85. The molecule has 0 atom stereocenters. The predicted octanol–water partition coefficient (Wildman–Crippen LogP) is 12.0. The van der Waals surface area contributed by atoms with Crippen LogP contribution in [0.15, 0.2) is 72.8 Å². The third-order valence-corrected chi connectivity index (χ3v) is 14.3. The van der Waals surface area contributed by atoms with Crippen molar-refractivity contribution >= 4 is 33.5 Å². The molecule has 65 heavy (non-hydrogen) atoms. The molecule has 4 aliphatic rings. The van der Waals surface area contributed by atoms with E-state index in [-0.39, 0.29) is 29.9 Å². The van der Waals surface area contributed by atoms with E-state index >= 15 is 0 Å². The molecule has 2 aliphatic heterocycles. The first-order chi connectivity index (χ1) is 31.6. The number of carbonyl (C=O) groups excluding carboxylic acids is 2. The van der Waals surface area contributed by atoms with Gasteiger partial charge in [-0.1, -0.05) is 75.9 Å². The zero-order valence-corrected chi connectivity index (χ0v) is 40.2. The number of carbonyl (C=O) groups is 2. The highest BCUT2D eigenvalue weighted by atomic mass is 16.5. The highest BCUT2D eigenvalue weighted by Gasteiger charge is 2.27. The largest absolute Gasteiger partial charge is 0.508 e. The Hall–Kier alpha value is -4.18. The summed E-state index contributed by atoms with van der Waals surface area (Å²) in [4.78, 5) is 28.6. The van der Waals surface area contributed by atoms with E-state index in [4.69, 9.17) is 14.2 Å². The molecule has 2 saturated carbocycles. The topological polar surface area (TPSA) is 109 Å². The number of nitrogens with zero attached hydrogens (tertiary/aromatic N) is 2. The van der Waals surface area contributed by atoms with Crippen molar-refractivity contribution in [3.05, 3.63) is 83.9 Å².